The van der Waals surface area contributed by atoms with Crippen LogP contribution in [0.15, 0.2) is 33.7 Å². The highest BCUT2D eigenvalue weighted by atomic mass is 19.4. The Hall–Kier alpha value is -2.95. The first-order chi connectivity index (χ1) is 12.3. The van der Waals surface area contributed by atoms with Crippen LogP contribution >= 0.6 is 0 Å². The van der Waals surface area contributed by atoms with E-state index in [1.165, 1.54) is 12.1 Å². The number of guanidine groups is 1. The summed E-state index contributed by atoms with van der Waals surface area (Å²) in [5.74, 6) is 7.25. The second-order valence-electron chi connectivity index (χ2n) is 5.41. The lowest BCUT2D eigenvalue weighted by Gasteiger charge is -2.07. The molecule has 0 saturated heterocycles. The maximum Gasteiger partial charge on any atom is 0.416 e. The van der Waals surface area contributed by atoms with Gasteiger partial charge in [-0.1, -0.05) is 17.9 Å². The van der Waals surface area contributed by atoms with Crippen LogP contribution in [0.1, 0.15) is 28.5 Å². The summed E-state index contributed by atoms with van der Waals surface area (Å²) in [6.45, 7) is 4.27. The van der Waals surface area contributed by atoms with E-state index in [2.05, 4.69) is 32.5 Å². The summed E-state index contributed by atoms with van der Waals surface area (Å²) < 4.78 is 43.4. The summed E-state index contributed by atoms with van der Waals surface area (Å²) in [6.07, 6.45) is -4.38. The van der Waals surface area contributed by atoms with Gasteiger partial charge in [-0.15, -0.1) is 0 Å². The topological polar surface area (TPSA) is 62.5 Å². The van der Waals surface area contributed by atoms with Crippen molar-refractivity contribution < 1.29 is 17.6 Å². The van der Waals surface area contributed by atoms with E-state index in [0.29, 0.717) is 24.0 Å². The van der Waals surface area contributed by atoms with Crippen LogP contribution in [0.25, 0.3) is 0 Å². The first-order valence-electron chi connectivity index (χ1n) is 7.83. The Kier molecular flexibility index (Phi) is 6.28. The molecule has 2 rings (SSSR count). The number of aromatic nitrogens is 1. The average Bonchev–Trinajstić information content (AvgIpc) is 2.92. The summed E-state index contributed by atoms with van der Waals surface area (Å²) >= 11 is 0. The lowest BCUT2D eigenvalue weighted by molar-refractivity contribution is -0.137. The van der Waals surface area contributed by atoms with E-state index in [4.69, 9.17) is 4.42 Å². The minimum Gasteiger partial charge on any atom is -0.444 e. The number of alkyl halides is 3. The molecule has 0 unspecified atom stereocenters. The fourth-order valence-electron chi connectivity index (χ4n) is 2.04. The molecule has 8 heteroatoms. The van der Waals surface area contributed by atoms with Crippen LogP contribution in [0, 0.1) is 25.7 Å². The number of oxazole rings is 1. The largest absolute Gasteiger partial charge is 0.444 e. The monoisotopic (exact) mass is 364 g/mol. The van der Waals surface area contributed by atoms with Crippen LogP contribution in [0.5, 0.6) is 0 Å². The first kappa shape index (κ1) is 19.4. The molecule has 0 bridgehead atoms. The standard InChI is InChI=1S/C18H19F3N4O/c1-12-13(2)26-16(25-12)11-24-17(22-3)23-9-5-7-14-6-4-8-15(10-14)18(19,20)21/h4,6,8,10H,9,11H2,1-3H3,(H2,22,23,24). The summed E-state index contributed by atoms with van der Waals surface area (Å²) in [6, 6.07) is 4.90. The van der Waals surface area contributed by atoms with Gasteiger partial charge in [-0.25, -0.2) is 4.98 Å². The number of rotatable bonds is 3. The highest BCUT2D eigenvalue weighted by Crippen LogP contribution is 2.29. The molecule has 26 heavy (non-hydrogen) atoms. The number of aryl methyl sites for hydroxylation is 2. The molecular formula is C18H19F3N4O. The Morgan fingerprint density at radius 1 is 1.27 bits per heavy atom. The molecule has 0 aliphatic rings. The van der Waals surface area contributed by atoms with E-state index < -0.39 is 11.7 Å². The maximum absolute atomic E-state index is 12.7. The quantitative estimate of drug-likeness (QED) is 0.499. The van der Waals surface area contributed by atoms with Gasteiger partial charge in [0.1, 0.15) is 5.76 Å². The molecule has 0 fully saturated rings. The third-order valence-corrected chi connectivity index (χ3v) is 3.47. The molecule has 0 radical (unpaired) electrons. The van der Waals surface area contributed by atoms with Crippen LogP contribution in [-0.2, 0) is 12.7 Å². The van der Waals surface area contributed by atoms with Crippen LogP contribution in [0.4, 0.5) is 13.2 Å². The highest BCUT2D eigenvalue weighted by molar-refractivity contribution is 5.79. The third kappa shape index (κ3) is 5.55. The Balaban J connectivity index is 1.87. The van der Waals surface area contributed by atoms with Gasteiger partial charge in [0.25, 0.3) is 0 Å². The Bertz CT molecular complexity index is 825. The minimum absolute atomic E-state index is 0.222. The van der Waals surface area contributed by atoms with Crippen molar-refractivity contribution in [2.45, 2.75) is 26.6 Å². The van der Waals surface area contributed by atoms with E-state index in [1.807, 2.05) is 13.8 Å². The van der Waals surface area contributed by atoms with Crippen LogP contribution in [-0.4, -0.2) is 24.5 Å². The van der Waals surface area contributed by atoms with Gasteiger partial charge < -0.3 is 15.1 Å². The van der Waals surface area contributed by atoms with E-state index in [-0.39, 0.29) is 6.54 Å². The van der Waals surface area contributed by atoms with Crippen molar-refractivity contribution in [1.82, 2.24) is 15.6 Å². The second-order valence-corrected chi connectivity index (χ2v) is 5.41. The number of nitrogens with zero attached hydrogens (tertiary/aromatic N) is 2. The fourth-order valence-corrected chi connectivity index (χ4v) is 2.04. The number of nitrogens with one attached hydrogen (secondary N) is 2. The zero-order chi connectivity index (χ0) is 19.2. The molecule has 0 aliphatic heterocycles. The Morgan fingerprint density at radius 3 is 2.65 bits per heavy atom. The van der Waals surface area contributed by atoms with Gasteiger partial charge in [0.2, 0.25) is 5.89 Å². The molecule has 0 amide bonds. The fraction of sp³-hybridized carbons (Fsp3) is 0.333. The third-order valence-electron chi connectivity index (χ3n) is 3.47. The van der Waals surface area contributed by atoms with Gasteiger partial charge in [0.15, 0.2) is 5.96 Å². The molecule has 0 saturated carbocycles. The normalized spacial score (nSPS) is 11.7. The molecular weight excluding hydrogens is 345 g/mol. The molecule has 0 spiro atoms. The van der Waals surface area contributed by atoms with Crippen LogP contribution < -0.4 is 10.6 Å². The minimum atomic E-state index is -4.38. The maximum atomic E-state index is 12.7. The zero-order valence-corrected chi connectivity index (χ0v) is 14.7. The summed E-state index contributed by atoms with van der Waals surface area (Å²) in [5.41, 5.74) is 0.415. The lowest BCUT2D eigenvalue weighted by atomic mass is 10.1. The van der Waals surface area contributed by atoms with E-state index >= 15 is 0 Å². The Morgan fingerprint density at radius 2 is 2.04 bits per heavy atom. The number of hydrogen-bond donors (Lipinski definition) is 2. The molecule has 1 aromatic carbocycles. The predicted octanol–water partition coefficient (Wildman–Crippen LogP) is 3.03. The average molecular weight is 364 g/mol. The molecule has 138 valence electrons. The predicted molar refractivity (Wildman–Crippen MR) is 92.5 cm³/mol. The first-order valence-corrected chi connectivity index (χ1v) is 7.83. The zero-order valence-electron chi connectivity index (χ0n) is 14.7. The van der Waals surface area contributed by atoms with E-state index in [1.54, 1.807) is 7.05 Å². The van der Waals surface area contributed by atoms with Crippen molar-refractivity contribution in [3.05, 3.63) is 52.7 Å². The SMILES string of the molecule is CN=C(NCC#Cc1cccc(C(F)(F)F)c1)NCc1nc(C)c(C)o1. The number of aliphatic imine (C=N–C) groups is 1. The number of benzene rings is 1. The second kappa shape index (κ2) is 8.43. The number of hydrogen-bond acceptors (Lipinski definition) is 3. The van der Waals surface area contributed by atoms with Gasteiger partial charge in [-0.3, -0.25) is 4.99 Å². The van der Waals surface area contributed by atoms with E-state index in [9.17, 15) is 13.2 Å². The van der Waals surface area contributed by atoms with Crippen molar-refractivity contribution in [2.75, 3.05) is 13.6 Å². The van der Waals surface area contributed by atoms with Gasteiger partial charge in [0, 0.05) is 12.6 Å². The molecule has 1 aromatic heterocycles. The van der Waals surface area contributed by atoms with Crippen molar-refractivity contribution in [3.63, 3.8) is 0 Å². The van der Waals surface area contributed by atoms with Crippen molar-refractivity contribution in [3.8, 4) is 11.8 Å². The van der Waals surface area contributed by atoms with E-state index in [0.717, 1.165) is 23.6 Å². The van der Waals surface area contributed by atoms with Gasteiger partial charge in [-0.2, -0.15) is 13.2 Å². The van der Waals surface area contributed by atoms with Crippen LogP contribution in [0.3, 0.4) is 0 Å². The van der Waals surface area contributed by atoms with Crippen molar-refractivity contribution >= 4 is 5.96 Å². The molecule has 5 nitrogen and oxygen atoms in total. The molecule has 2 N–H and O–H groups in total. The van der Waals surface area contributed by atoms with Crippen molar-refractivity contribution in [2.24, 2.45) is 4.99 Å². The summed E-state index contributed by atoms with van der Waals surface area (Å²) in [5, 5.41) is 5.97. The summed E-state index contributed by atoms with van der Waals surface area (Å²) in [4.78, 5) is 8.28. The van der Waals surface area contributed by atoms with Gasteiger partial charge >= 0.3 is 6.18 Å². The molecule has 1 heterocycles. The summed E-state index contributed by atoms with van der Waals surface area (Å²) in [7, 11) is 1.60. The Labute approximate surface area is 149 Å². The molecule has 0 aliphatic carbocycles. The highest BCUT2D eigenvalue weighted by Gasteiger charge is 2.30. The van der Waals surface area contributed by atoms with Gasteiger partial charge in [0.05, 0.1) is 24.3 Å². The smallest absolute Gasteiger partial charge is 0.416 e. The van der Waals surface area contributed by atoms with Gasteiger partial charge in [-0.05, 0) is 32.0 Å². The molecule has 0 atom stereocenters. The van der Waals surface area contributed by atoms with Crippen molar-refractivity contribution in [1.29, 1.82) is 0 Å². The lowest BCUT2D eigenvalue weighted by Crippen LogP contribution is -2.37. The number of halogens is 3. The van der Waals surface area contributed by atoms with Crippen LogP contribution in [0.2, 0.25) is 0 Å². The molecule has 2 aromatic rings.